The van der Waals surface area contributed by atoms with Crippen molar-refractivity contribution in [2.45, 2.75) is 12.5 Å². The van der Waals surface area contributed by atoms with Crippen molar-refractivity contribution >= 4 is 23.7 Å². The third kappa shape index (κ3) is 4.97. The number of carboxylic acids is 2. The molecule has 2 amide bonds. The zero-order valence-corrected chi connectivity index (χ0v) is 10.9. The van der Waals surface area contributed by atoms with Crippen LogP contribution in [0.2, 0.25) is 0 Å². The molecular formula is C12H13FN2O6. The van der Waals surface area contributed by atoms with Gasteiger partial charge in [-0.3, -0.25) is 4.79 Å². The predicted octanol–water partition coefficient (Wildman–Crippen LogP) is 0.884. The Kier molecular flexibility index (Phi) is 5.47. The molecule has 0 saturated heterocycles. The lowest BCUT2D eigenvalue weighted by atomic mass is 10.2. The number of hydrogen-bond acceptors (Lipinski definition) is 4. The molecule has 1 aromatic rings. The van der Waals surface area contributed by atoms with Crippen molar-refractivity contribution in [3.05, 3.63) is 24.0 Å². The number of aliphatic carboxylic acids is 2. The van der Waals surface area contributed by atoms with Gasteiger partial charge in [-0.1, -0.05) is 0 Å². The number of nitrogens with one attached hydrogen (secondary N) is 2. The summed E-state index contributed by atoms with van der Waals surface area (Å²) < 4.78 is 18.3. The molecule has 0 aliphatic heterocycles. The molecule has 1 unspecified atom stereocenters. The van der Waals surface area contributed by atoms with E-state index in [0.717, 1.165) is 6.07 Å². The fraction of sp³-hybridized carbons (Fsp3) is 0.250. The highest BCUT2D eigenvalue weighted by Gasteiger charge is 2.23. The number of methoxy groups -OCH3 is 1. The maximum absolute atomic E-state index is 13.5. The summed E-state index contributed by atoms with van der Waals surface area (Å²) in [6.07, 6.45) is -0.802. The zero-order chi connectivity index (χ0) is 16.0. The van der Waals surface area contributed by atoms with E-state index in [1.54, 1.807) is 0 Å². The standard InChI is InChI=1S/C12H13FN2O6/c1-21-6-2-3-7(13)8(4-6)14-12(20)15-9(11(18)19)5-10(16)17/h2-4,9H,5H2,1H3,(H,16,17)(H,18,19)(H2,14,15,20). The number of halogens is 1. The topological polar surface area (TPSA) is 125 Å². The molecule has 4 N–H and O–H groups in total. The molecule has 0 aromatic heterocycles. The molecule has 1 atom stereocenters. The minimum Gasteiger partial charge on any atom is -0.497 e. The lowest BCUT2D eigenvalue weighted by molar-refractivity contribution is -0.145. The van der Waals surface area contributed by atoms with E-state index in [1.807, 2.05) is 5.32 Å². The first-order valence-electron chi connectivity index (χ1n) is 5.69. The Morgan fingerprint density at radius 3 is 2.52 bits per heavy atom. The van der Waals surface area contributed by atoms with Crippen LogP contribution in [0, 0.1) is 5.82 Å². The Morgan fingerprint density at radius 2 is 2.00 bits per heavy atom. The first-order valence-corrected chi connectivity index (χ1v) is 5.69. The molecule has 0 radical (unpaired) electrons. The molecule has 8 nitrogen and oxygen atoms in total. The molecule has 1 aromatic carbocycles. The van der Waals surface area contributed by atoms with Gasteiger partial charge in [0.05, 0.1) is 19.2 Å². The second kappa shape index (κ2) is 7.08. The third-order valence-corrected chi connectivity index (χ3v) is 2.40. The van der Waals surface area contributed by atoms with Crippen molar-refractivity contribution in [1.82, 2.24) is 5.32 Å². The molecule has 0 saturated carbocycles. The van der Waals surface area contributed by atoms with Gasteiger partial charge in [0.15, 0.2) is 0 Å². The molecular weight excluding hydrogens is 287 g/mol. The number of amides is 2. The normalized spacial score (nSPS) is 11.3. The van der Waals surface area contributed by atoms with Gasteiger partial charge >= 0.3 is 18.0 Å². The van der Waals surface area contributed by atoms with E-state index in [-0.39, 0.29) is 11.4 Å². The molecule has 0 aliphatic carbocycles. The predicted molar refractivity (Wildman–Crippen MR) is 68.8 cm³/mol. The van der Waals surface area contributed by atoms with Crippen molar-refractivity contribution in [2.24, 2.45) is 0 Å². The number of carbonyl (C=O) groups excluding carboxylic acids is 1. The van der Waals surface area contributed by atoms with E-state index in [0.29, 0.717) is 0 Å². The van der Waals surface area contributed by atoms with Crippen molar-refractivity contribution in [2.75, 3.05) is 12.4 Å². The maximum Gasteiger partial charge on any atom is 0.326 e. The van der Waals surface area contributed by atoms with Gasteiger partial charge in [0.1, 0.15) is 17.6 Å². The van der Waals surface area contributed by atoms with Gasteiger partial charge in [0.2, 0.25) is 0 Å². The van der Waals surface area contributed by atoms with Gasteiger partial charge in [0.25, 0.3) is 0 Å². The smallest absolute Gasteiger partial charge is 0.326 e. The first kappa shape index (κ1) is 16.2. The number of carbonyl (C=O) groups is 3. The first-order chi connectivity index (χ1) is 9.83. The Hall–Kier alpha value is -2.84. The number of urea groups is 1. The number of benzene rings is 1. The van der Waals surface area contributed by atoms with Crippen LogP contribution in [-0.4, -0.2) is 41.3 Å². The van der Waals surface area contributed by atoms with Crippen LogP contribution in [-0.2, 0) is 9.59 Å². The number of carboxylic acid groups (broad SMARTS) is 2. The second-order valence-electron chi connectivity index (χ2n) is 3.93. The van der Waals surface area contributed by atoms with E-state index in [1.165, 1.54) is 19.2 Å². The Morgan fingerprint density at radius 1 is 1.33 bits per heavy atom. The van der Waals surface area contributed by atoms with Gasteiger partial charge in [-0.05, 0) is 12.1 Å². The lowest BCUT2D eigenvalue weighted by Crippen LogP contribution is -2.44. The van der Waals surface area contributed by atoms with Gasteiger partial charge in [-0.25, -0.2) is 14.0 Å². The Balaban J connectivity index is 2.76. The van der Waals surface area contributed by atoms with Crippen molar-refractivity contribution in [3.8, 4) is 5.75 Å². The summed E-state index contributed by atoms with van der Waals surface area (Å²) in [7, 11) is 1.35. The Bertz CT molecular complexity index is 563. The summed E-state index contributed by atoms with van der Waals surface area (Å²) in [6.45, 7) is 0. The third-order valence-electron chi connectivity index (χ3n) is 2.40. The molecule has 0 heterocycles. The lowest BCUT2D eigenvalue weighted by Gasteiger charge is -2.14. The molecule has 21 heavy (non-hydrogen) atoms. The number of rotatable bonds is 6. The fourth-order valence-corrected chi connectivity index (χ4v) is 1.42. The van der Waals surface area contributed by atoms with Crippen LogP contribution in [0.1, 0.15) is 6.42 Å². The summed E-state index contributed by atoms with van der Waals surface area (Å²) in [5, 5.41) is 21.3. The van der Waals surface area contributed by atoms with Crippen molar-refractivity contribution in [1.29, 1.82) is 0 Å². The van der Waals surface area contributed by atoms with Crippen LogP contribution in [0.5, 0.6) is 5.75 Å². The highest BCUT2D eigenvalue weighted by Crippen LogP contribution is 2.20. The van der Waals surface area contributed by atoms with E-state index < -0.39 is 36.2 Å². The molecule has 0 aliphatic rings. The molecule has 0 spiro atoms. The maximum atomic E-state index is 13.5. The Labute approximate surface area is 118 Å². The molecule has 0 fully saturated rings. The average Bonchev–Trinajstić information content (AvgIpc) is 2.39. The minimum atomic E-state index is -1.63. The summed E-state index contributed by atoms with van der Waals surface area (Å²) >= 11 is 0. The van der Waals surface area contributed by atoms with Gasteiger partial charge in [-0.15, -0.1) is 0 Å². The molecule has 1 rings (SSSR count). The van der Waals surface area contributed by atoms with Crippen LogP contribution < -0.4 is 15.4 Å². The number of hydrogen-bond donors (Lipinski definition) is 4. The average molecular weight is 300 g/mol. The number of anilines is 1. The minimum absolute atomic E-state index is 0.230. The second-order valence-corrected chi connectivity index (χ2v) is 3.93. The van der Waals surface area contributed by atoms with Crippen molar-refractivity contribution < 1.29 is 33.7 Å². The van der Waals surface area contributed by atoms with Crippen LogP contribution >= 0.6 is 0 Å². The summed E-state index contributed by atoms with van der Waals surface area (Å²) in [6, 6.07) is 0.914. The van der Waals surface area contributed by atoms with Crippen LogP contribution in [0.25, 0.3) is 0 Å². The van der Waals surface area contributed by atoms with Crippen LogP contribution in [0.3, 0.4) is 0 Å². The summed E-state index contributed by atoms with van der Waals surface area (Å²) in [5.74, 6) is -3.38. The largest absolute Gasteiger partial charge is 0.497 e. The van der Waals surface area contributed by atoms with Gasteiger partial charge < -0.3 is 25.6 Å². The van der Waals surface area contributed by atoms with Crippen LogP contribution in [0.4, 0.5) is 14.9 Å². The van der Waals surface area contributed by atoms with E-state index in [9.17, 15) is 18.8 Å². The van der Waals surface area contributed by atoms with E-state index >= 15 is 0 Å². The van der Waals surface area contributed by atoms with Gasteiger partial charge in [0, 0.05) is 6.07 Å². The summed E-state index contributed by atoms with van der Waals surface area (Å²) in [5.41, 5.74) is -0.230. The van der Waals surface area contributed by atoms with E-state index in [4.69, 9.17) is 14.9 Å². The zero-order valence-electron chi connectivity index (χ0n) is 10.9. The van der Waals surface area contributed by atoms with Crippen molar-refractivity contribution in [3.63, 3.8) is 0 Å². The fourth-order valence-electron chi connectivity index (χ4n) is 1.42. The van der Waals surface area contributed by atoms with Gasteiger partial charge in [-0.2, -0.15) is 0 Å². The molecule has 114 valence electrons. The number of ether oxygens (including phenoxy) is 1. The monoisotopic (exact) mass is 300 g/mol. The van der Waals surface area contributed by atoms with Crippen LogP contribution in [0.15, 0.2) is 18.2 Å². The summed E-state index contributed by atoms with van der Waals surface area (Å²) in [4.78, 5) is 32.8. The quantitative estimate of drug-likeness (QED) is 0.618. The highest BCUT2D eigenvalue weighted by atomic mass is 19.1. The van der Waals surface area contributed by atoms with E-state index in [2.05, 4.69) is 5.32 Å². The SMILES string of the molecule is COc1ccc(F)c(NC(=O)NC(CC(=O)O)C(=O)O)c1. The molecule has 9 heteroatoms. The molecule has 0 bridgehead atoms. The highest BCUT2D eigenvalue weighted by molar-refractivity contribution is 5.93.